The Hall–Kier alpha value is -4.53. The zero-order chi connectivity index (χ0) is 23.8. The molecule has 3 heterocycles. The van der Waals surface area contributed by atoms with Crippen molar-refractivity contribution in [3.05, 3.63) is 94.2 Å². The Kier molecular flexibility index (Phi) is 5.29. The molecule has 1 N–H and O–H groups in total. The predicted octanol–water partition coefficient (Wildman–Crippen LogP) is 3.71. The summed E-state index contributed by atoms with van der Waals surface area (Å²) in [6, 6.07) is 13.5. The fourth-order valence-electron chi connectivity index (χ4n) is 4.43. The first-order valence-electron chi connectivity index (χ1n) is 10.8. The fraction of sp³-hybridized carbons (Fsp3) is 0.160. The Morgan fingerprint density at radius 1 is 1.00 bits per heavy atom. The van der Waals surface area contributed by atoms with Crippen molar-refractivity contribution in [1.82, 2.24) is 19.4 Å². The van der Waals surface area contributed by atoms with Crippen LogP contribution in [0.3, 0.4) is 0 Å². The molecule has 0 unspecified atom stereocenters. The van der Waals surface area contributed by atoms with Gasteiger partial charge in [-0.2, -0.15) is 0 Å². The summed E-state index contributed by atoms with van der Waals surface area (Å²) in [5.74, 6) is -1.07. The van der Waals surface area contributed by atoms with Crippen molar-refractivity contribution in [2.75, 3.05) is 0 Å². The molecule has 170 valence electrons. The topological polar surface area (TPSA) is 112 Å². The van der Waals surface area contributed by atoms with E-state index in [0.29, 0.717) is 17.7 Å². The Bertz CT molecular complexity index is 1490. The van der Waals surface area contributed by atoms with Gasteiger partial charge in [0.15, 0.2) is 0 Å². The van der Waals surface area contributed by atoms with Crippen LogP contribution in [0, 0.1) is 17.0 Å². The molecule has 0 radical (unpaired) electrons. The van der Waals surface area contributed by atoms with E-state index in [1.807, 2.05) is 43.6 Å². The van der Waals surface area contributed by atoms with E-state index in [-0.39, 0.29) is 16.8 Å². The van der Waals surface area contributed by atoms with Gasteiger partial charge in [-0.1, -0.05) is 30.3 Å². The highest BCUT2D eigenvalue weighted by Crippen LogP contribution is 2.36. The third kappa shape index (κ3) is 3.66. The lowest BCUT2D eigenvalue weighted by Gasteiger charge is -2.07. The molecule has 0 aliphatic carbocycles. The van der Waals surface area contributed by atoms with Gasteiger partial charge in [0.05, 0.1) is 22.4 Å². The monoisotopic (exact) mass is 455 g/mol. The second-order valence-corrected chi connectivity index (χ2v) is 8.18. The number of aryl methyl sites for hydroxylation is 3. The zero-order valence-electron chi connectivity index (χ0n) is 18.4. The maximum Gasteiger partial charge on any atom is 0.270 e. The zero-order valence-corrected chi connectivity index (χ0v) is 18.4. The molecule has 34 heavy (non-hydrogen) atoms. The third-order valence-electron chi connectivity index (χ3n) is 6.05. The Morgan fingerprint density at radius 3 is 2.53 bits per heavy atom. The van der Waals surface area contributed by atoms with E-state index < -0.39 is 16.7 Å². The van der Waals surface area contributed by atoms with Crippen LogP contribution < -0.4 is 5.32 Å². The molecule has 1 aliphatic rings. The lowest BCUT2D eigenvalue weighted by molar-refractivity contribution is -0.384. The van der Waals surface area contributed by atoms with Gasteiger partial charge in [0.25, 0.3) is 17.5 Å². The van der Waals surface area contributed by atoms with Crippen molar-refractivity contribution in [2.24, 2.45) is 0 Å². The van der Waals surface area contributed by atoms with Crippen molar-refractivity contribution < 1.29 is 14.5 Å². The summed E-state index contributed by atoms with van der Waals surface area (Å²) in [5.41, 5.74) is 3.22. The number of hydrogen-bond donors (Lipinski definition) is 1. The molecule has 2 amide bonds. The Labute approximate surface area is 194 Å². The summed E-state index contributed by atoms with van der Waals surface area (Å²) in [5, 5.41) is 14.5. The highest BCUT2D eigenvalue weighted by molar-refractivity contribution is 6.50. The van der Waals surface area contributed by atoms with Crippen LogP contribution in [-0.2, 0) is 22.7 Å². The van der Waals surface area contributed by atoms with E-state index in [0.717, 1.165) is 29.6 Å². The maximum absolute atomic E-state index is 12.9. The molecule has 2 aromatic heterocycles. The number of carbonyl (C=O) groups is 2. The number of non-ortho nitro benzene ring substituents is 1. The standard InChI is InChI=1S/C25H21N5O4/c1-16-13-26-15-29(16)11-5-10-28-14-20(19-8-2-3-9-21(19)28)23-22(24(31)27-25(23)32)17-6-4-7-18(12-17)30(33)34/h2-4,6-9,12-15H,5,10-11H2,1H3,(H,27,31,32). The predicted molar refractivity (Wildman–Crippen MR) is 127 cm³/mol. The number of hydrogen-bond acceptors (Lipinski definition) is 5. The van der Waals surface area contributed by atoms with Gasteiger partial charge in [0, 0.05) is 59.8 Å². The third-order valence-corrected chi connectivity index (χ3v) is 6.05. The van der Waals surface area contributed by atoms with Gasteiger partial charge in [0.2, 0.25) is 0 Å². The lowest BCUT2D eigenvalue weighted by Crippen LogP contribution is -2.22. The lowest BCUT2D eigenvalue weighted by atomic mass is 9.96. The number of nitrogens with one attached hydrogen (secondary N) is 1. The molecule has 5 rings (SSSR count). The molecular formula is C25H21N5O4. The van der Waals surface area contributed by atoms with Crippen LogP contribution in [0.15, 0.2) is 67.3 Å². The number of nitro benzene ring substituents is 1. The summed E-state index contributed by atoms with van der Waals surface area (Å²) >= 11 is 0. The average molecular weight is 455 g/mol. The fourth-order valence-corrected chi connectivity index (χ4v) is 4.43. The molecule has 2 aromatic carbocycles. The average Bonchev–Trinajstić information content (AvgIpc) is 3.49. The maximum atomic E-state index is 12.9. The molecule has 0 spiro atoms. The number of aromatic nitrogens is 3. The van der Waals surface area contributed by atoms with Crippen molar-refractivity contribution in [3.63, 3.8) is 0 Å². The van der Waals surface area contributed by atoms with Crippen molar-refractivity contribution in [3.8, 4) is 0 Å². The van der Waals surface area contributed by atoms with Gasteiger partial charge in [-0.25, -0.2) is 4.98 Å². The summed E-state index contributed by atoms with van der Waals surface area (Å²) < 4.78 is 4.16. The molecule has 9 nitrogen and oxygen atoms in total. The molecule has 4 aromatic rings. The van der Waals surface area contributed by atoms with Crippen LogP contribution in [0.4, 0.5) is 5.69 Å². The smallest absolute Gasteiger partial charge is 0.270 e. The highest BCUT2D eigenvalue weighted by atomic mass is 16.6. The van der Waals surface area contributed by atoms with Gasteiger partial charge in [-0.05, 0) is 25.0 Å². The van der Waals surface area contributed by atoms with Crippen LogP contribution in [0.25, 0.3) is 22.0 Å². The van der Waals surface area contributed by atoms with E-state index in [4.69, 9.17) is 0 Å². The first kappa shape index (κ1) is 21.3. The minimum atomic E-state index is -0.562. The second-order valence-electron chi connectivity index (χ2n) is 8.18. The number of carbonyl (C=O) groups excluding carboxylic acids is 2. The molecule has 0 saturated carbocycles. The molecule has 0 atom stereocenters. The first-order valence-corrected chi connectivity index (χ1v) is 10.8. The number of benzene rings is 2. The largest absolute Gasteiger partial charge is 0.347 e. The summed E-state index contributed by atoms with van der Waals surface area (Å²) in [4.78, 5) is 40.6. The number of rotatable bonds is 7. The summed E-state index contributed by atoms with van der Waals surface area (Å²) in [6.45, 7) is 3.51. The Morgan fingerprint density at radius 2 is 1.76 bits per heavy atom. The molecular weight excluding hydrogens is 434 g/mol. The minimum absolute atomic E-state index is 0.144. The van der Waals surface area contributed by atoms with Crippen LogP contribution >= 0.6 is 0 Å². The van der Waals surface area contributed by atoms with Crippen molar-refractivity contribution in [2.45, 2.75) is 26.4 Å². The molecule has 0 fully saturated rings. The SMILES string of the molecule is Cc1cncn1CCCn1cc(C2=C(c3cccc([N+](=O)[O-])c3)C(=O)NC2=O)c2ccccc21. The number of nitrogens with zero attached hydrogens (tertiary/aromatic N) is 4. The number of nitro groups is 1. The molecule has 1 aliphatic heterocycles. The van der Waals surface area contributed by atoms with Crippen LogP contribution in [-0.4, -0.2) is 30.9 Å². The van der Waals surface area contributed by atoms with Crippen LogP contribution in [0.1, 0.15) is 23.2 Å². The van der Waals surface area contributed by atoms with E-state index in [9.17, 15) is 19.7 Å². The number of imidazole rings is 1. The number of para-hydroxylation sites is 1. The van der Waals surface area contributed by atoms with Gasteiger partial charge >= 0.3 is 0 Å². The van der Waals surface area contributed by atoms with E-state index >= 15 is 0 Å². The van der Waals surface area contributed by atoms with E-state index in [1.165, 1.54) is 18.2 Å². The summed E-state index contributed by atoms with van der Waals surface area (Å²) in [6.07, 6.45) is 6.35. The summed E-state index contributed by atoms with van der Waals surface area (Å²) in [7, 11) is 0. The molecule has 9 heteroatoms. The quantitative estimate of drug-likeness (QED) is 0.259. The minimum Gasteiger partial charge on any atom is -0.347 e. The van der Waals surface area contributed by atoms with Gasteiger partial charge in [-0.15, -0.1) is 0 Å². The first-order chi connectivity index (χ1) is 16.4. The number of amides is 2. The van der Waals surface area contributed by atoms with Gasteiger partial charge < -0.3 is 9.13 Å². The van der Waals surface area contributed by atoms with Gasteiger partial charge in [0.1, 0.15) is 0 Å². The number of imide groups is 1. The van der Waals surface area contributed by atoms with E-state index in [1.54, 1.807) is 12.4 Å². The molecule has 0 bridgehead atoms. The van der Waals surface area contributed by atoms with Crippen molar-refractivity contribution in [1.29, 1.82) is 0 Å². The van der Waals surface area contributed by atoms with E-state index in [2.05, 4.69) is 19.4 Å². The second kappa shape index (κ2) is 8.43. The van der Waals surface area contributed by atoms with Crippen LogP contribution in [0.5, 0.6) is 0 Å². The molecule has 0 saturated heterocycles. The highest BCUT2D eigenvalue weighted by Gasteiger charge is 2.34. The van der Waals surface area contributed by atoms with Crippen LogP contribution in [0.2, 0.25) is 0 Å². The normalized spacial score (nSPS) is 13.7. The number of fused-ring (bicyclic) bond motifs is 1. The Balaban J connectivity index is 1.59. The van der Waals surface area contributed by atoms with Crippen molar-refractivity contribution >= 4 is 39.6 Å². The van der Waals surface area contributed by atoms with Gasteiger partial charge in [-0.3, -0.25) is 25.0 Å².